The highest BCUT2D eigenvalue weighted by Crippen LogP contribution is 2.28. The molecule has 2 rings (SSSR count). The highest BCUT2D eigenvalue weighted by molar-refractivity contribution is 5.91. The van der Waals surface area contributed by atoms with E-state index in [1.165, 1.54) is 19.2 Å². The lowest BCUT2D eigenvalue weighted by Gasteiger charge is -2.06. The predicted octanol–water partition coefficient (Wildman–Crippen LogP) is 2.10. The highest BCUT2D eigenvalue weighted by Gasteiger charge is 2.22. The van der Waals surface area contributed by atoms with E-state index < -0.39 is 0 Å². The first-order valence-corrected chi connectivity index (χ1v) is 4.62. The van der Waals surface area contributed by atoms with Crippen molar-refractivity contribution < 1.29 is 13.9 Å². The third-order valence-electron chi connectivity index (χ3n) is 2.63. The van der Waals surface area contributed by atoms with Gasteiger partial charge in [0.25, 0.3) is 0 Å². The summed E-state index contributed by atoms with van der Waals surface area (Å²) in [5.41, 5.74) is 2.03. The molecule has 1 aliphatic rings. The van der Waals surface area contributed by atoms with Crippen LogP contribution in [0.3, 0.4) is 0 Å². The van der Waals surface area contributed by atoms with Crippen LogP contribution in [0.2, 0.25) is 0 Å². The molecule has 3 heteroatoms. The summed E-state index contributed by atoms with van der Waals surface area (Å²) >= 11 is 0. The Labute approximate surface area is 81.7 Å². The normalized spacial score (nSPS) is 13.9. The van der Waals surface area contributed by atoms with E-state index in [0.717, 1.165) is 24.8 Å². The van der Waals surface area contributed by atoms with Crippen molar-refractivity contribution in [1.82, 2.24) is 0 Å². The van der Waals surface area contributed by atoms with Gasteiger partial charge in [0, 0.05) is 0 Å². The van der Waals surface area contributed by atoms with Gasteiger partial charge in [-0.25, -0.2) is 9.18 Å². The average molecular weight is 194 g/mol. The Morgan fingerprint density at radius 1 is 1.36 bits per heavy atom. The highest BCUT2D eigenvalue weighted by atomic mass is 19.1. The number of carbonyl (C=O) groups excluding carboxylic acids is 1. The van der Waals surface area contributed by atoms with Crippen molar-refractivity contribution in [1.29, 1.82) is 0 Å². The summed E-state index contributed by atoms with van der Waals surface area (Å²) in [6, 6.07) is 2.85. The van der Waals surface area contributed by atoms with Crippen molar-refractivity contribution in [2.75, 3.05) is 7.11 Å². The lowest BCUT2D eigenvalue weighted by molar-refractivity contribution is 0.0599. The van der Waals surface area contributed by atoms with Crippen LogP contribution >= 0.6 is 0 Å². The molecule has 0 aliphatic heterocycles. The number of halogens is 1. The fourth-order valence-electron chi connectivity index (χ4n) is 1.96. The van der Waals surface area contributed by atoms with Crippen LogP contribution in [-0.2, 0) is 17.6 Å². The van der Waals surface area contributed by atoms with E-state index in [0.29, 0.717) is 11.1 Å². The zero-order valence-electron chi connectivity index (χ0n) is 7.97. The van der Waals surface area contributed by atoms with Crippen LogP contribution in [-0.4, -0.2) is 13.1 Å². The molecular weight excluding hydrogens is 183 g/mol. The summed E-state index contributed by atoms with van der Waals surface area (Å²) in [6.07, 6.45) is 2.42. The summed E-state index contributed by atoms with van der Waals surface area (Å²) in [4.78, 5) is 11.3. The van der Waals surface area contributed by atoms with E-state index in [-0.39, 0.29) is 11.8 Å². The predicted molar refractivity (Wildman–Crippen MR) is 49.8 cm³/mol. The minimum atomic E-state index is -0.372. The van der Waals surface area contributed by atoms with Gasteiger partial charge in [-0.3, -0.25) is 0 Å². The summed E-state index contributed by atoms with van der Waals surface area (Å²) in [6.45, 7) is 0. The van der Waals surface area contributed by atoms with E-state index >= 15 is 0 Å². The van der Waals surface area contributed by atoms with Crippen LogP contribution in [0.25, 0.3) is 0 Å². The molecular formula is C11H11FO2. The molecule has 0 saturated carbocycles. The van der Waals surface area contributed by atoms with E-state index in [1.807, 2.05) is 0 Å². The molecule has 0 heterocycles. The van der Waals surface area contributed by atoms with Gasteiger partial charge in [-0.05, 0) is 42.5 Å². The Morgan fingerprint density at radius 2 is 2.07 bits per heavy atom. The number of hydrogen-bond acceptors (Lipinski definition) is 2. The fraction of sp³-hybridized carbons (Fsp3) is 0.364. The van der Waals surface area contributed by atoms with Gasteiger partial charge in [0.15, 0.2) is 0 Å². The van der Waals surface area contributed by atoms with Gasteiger partial charge in [0.05, 0.1) is 12.7 Å². The largest absolute Gasteiger partial charge is 0.465 e. The number of methoxy groups -OCH3 is 1. The average Bonchev–Trinajstić information content (AvgIpc) is 2.67. The van der Waals surface area contributed by atoms with Crippen LogP contribution in [0.15, 0.2) is 12.1 Å². The van der Waals surface area contributed by atoms with E-state index in [9.17, 15) is 9.18 Å². The van der Waals surface area contributed by atoms with E-state index in [4.69, 9.17) is 0 Å². The van der Waals surface area contributed by atoms with Crippen molar-refractivity contribution in [3.63, 3.8) is 0 Å². The Morgan fingerprint density at radius 3 is 2.79 bits per heavy atom. The fourth-order valence-corrected chi connectivity index (χ4v) is 1.96. The first-order chi connectivity index (χ1) is 6.74. The van der Waals surface area contributed by atoms with Gasteiger partial charge in [-0.1, -0.05) is 0 Å². The third-order valence-corrected chi connectivity index (χ3v) is 2.63. The smallest absolute Gasteiger partial charge is 0.338 e. The van der Waals surface area contributed by atoms with Crippen molar-refractivity contribution >= 4 is 5.97 Å². The Balaban J connectivity index is 2.53. The molecule has 2 nitrogen and oxygen atoms in total. The summed E-state index contributed by atoms with van der Waals surface area (Å²) < 4.78 is 17.9. The quantitative estimate of drug-likeness (QED) is 0.640. The zero-order chi connectivity index (χ0) is 10.1. The van der Waals surface area contributed by atoms with Gasteiger partial charge in [0.1, 0.15) is 5.82 Å². The first kappa shape index (κ1) is 9.19. The van der Waals surface area contributed by atoms with Crippen molar-refractivity contribution in [2.24, 2.45) is 0 Å². The van der Waals surface area contributed by atoms with Crippen molar-refractivity contribution in [2.45, 2.75) is 19.3 Å². The molecule has 1 aliphatic carbocycles. The van der Waals surface area contributed by atoms with Gasteiger partial charge in [-0.2, -0.15) is 0 Å². The van der Waals surface area contributed by atoms with Crippen LogP contribution in [0, 0.1) is 5.82 Å². The van der Waals surface area contributed by atoms with Crippen LogP contribution in [0.1, 0.15) is 27.9 Å². The molecule has 14 heavy (non-hydrogen) atoms. The SMILES string of the molecule is COC(=O)c1ccc(F)c2c1CCC2. The molecule has 0 bridgehead atoms. The third kappa shape index (κ3) is 1.29. The van der Waals surface area contributed by atoms with Crippen LogP contribution in [0.4, 0.5) is 4.39 Å². The number of ether oxygens (including phenoxy) is 1. The molecule has 0 spiro atoms. The van der Waals surface area contributed by atoms with Gasteiger partial charge in [0.2, 0.25) is 0 Å². The van der Waals surface area contributed by atoms with Crippen LogP contribution in [0.5, 0.6) is 0 Å². The number of benzene rings is 1. The van der Waals surface area contributed by atoms with E-state index in [2.05, 4.69) is 4.74 Å². The molecule has 0 aromatic heterocycles. The number of esters is 1. The molecule has 0 amide bonds. The summed E-state index contributed by atoms with van der Waals surface area (Å²) in [5, 5.41) is 0. The standard InChI is InChI=1S/C11H11FO2/c1-14-11(13)9-5-6-10(12)8-4-2-3-7(8)9/h5-6H,2-4H2,1H3. The van der Waals surface area contributed by atoms with E-state index in [1.54, 1.807) is 0 Å². The molecule has 74 valence electrons. The molecule has 0 radical (unpaired) electrons. The number of hydrogen-bond donors (Lipinski definition) is 0. The summed E-state index contributed by atoms with van der Waals surface area (Å²) in [7, 11) is 1.34. The Bertz CT molecular complexity index is 385. The zero-order valence-corrected chi connectivity index (χ0v) is 7.97. The number of rotatable bonds is 1. The molecule has 0 saturated heterocycles. The topological polar surface area (TPSA) is 26.3 Å². The van der Waals surface area contributed by atoms with Gasteiger partial charge < -0.3 is 4.74 Å². The van der Waals surface area contributed by atoms with Crippen molar-refractivity contribution in [3.05, 3.63) is 34.6 Å². The minimum absolute atomic E-state index is 0.204. The molecule has 1 aromatic carbocycles. The minimum Gasteiger partial charge on any atom is -0.465 e. The maximum absolute atomic E-state index is 13.3. The van der Waals surface area contributed by atoms with Crippen molar-refractivity contribution in [3.8, 4) is 0 Å². The maximum Gasteiger partial charge on any atom is 0.338 e. The lowest BCUT2D eigenvalue weighted by atomic mass is 10.0. The summed E-state index contributed by atoms with van der Waals surface area (Å²) in [5.74, 6) is -0.576. The van der Waals surface area contributed by atoms with Crippen LogP contribution < -0.4 is 0 Å². The molecule has 0 N–H and O–H groups in total. The van der Waals surface area contributed by atoms with Gasteiger partial charge in [-0.15, -0.1) is 0 Å². The molecule has 0 unspecified atom stereocenters. The Kier molecular flexibility index (Phi) is 2.23. The second-order valence-electron chi connectivity index (χ2n) is 3.40. The second kappa shape index (κ2) is 3.40. The molecule has 1 aromatic rings. The molecule has 0 fully saturated rings. The second-order valence-corrected chi connectivity index (χ2v) is 3.40. The van der Waals surface area contributed by atoms with Gasteiger partial charge >= 0.3 is 5.97 Å². The maximum atomic E-state index is 13.3. The monoisotopic (exact) mass is 194 g/mol. The lowest BCUT2D eigenvalue weighted by Crippen LogP contribution is -2.06. The number of fused-ring (bicyclic) bond motifs is 1. The number of carbonyl (C=O) groups is 1. The molecule has 0 atom stereocenters. The Hall–Kier alpha value is -1.38. The first-order valence-electron chi connectivity index (χ1n) is 4.62.